The summed E-state index contributed by atoms with van der Waals surface area (Å²) in [5, 5.41) is 4.06. The zero-order valence-electron chi connectivity index (χ0n) is 11.4. The minimum atomic E-state index is -0.102. The minimum absolute atomic E-state index is 0.102. The molecule has 17 heavy (non-hydrogen) atoms. The van der Waals surface area contributed by atoms with Gasteiger partial charge in [0.25, 0.3) is 0 Å². The number of carbonyl (C=O) groups excluding carboxylic acids is 1. The van der Waals surface area contributed by atoms with Crippen LogP contribution in [0.5, 0.6) is 0 Å². The van der Waals surface area contributed by atoms with E-state index in [2.05, 4.69) is 23.9 Å². The normalized spacial score (nSPS) is 33.4. The van der Waals surface area contributed by atoms with Gasteiger partial charge in [-0.3, -0.25) is 4.79 Å². The van der Waals surface area contributed by atoms with Crippen LogP contribution in [0.4, 0.5) is 0 Å². The van der Waals surface area contributed by atoms with Crippen LogP contribution in [0.3, 0.4) is 0 Å². The number of rotatable bonds is 5. The Morgan fingerprint density at radius 2 is 2.12 bits per heavy atom. The van der Waals surface area contributed by atoms with Crippen LogP contribution in [0, 0.1) is 11.8 Å². The number of methoxy groups -OCH3 is 1. The molecule has 1 fully saturated rings. The summed E-state index contributed by atoms with van der Waals surface area (Å²) < 4.78 is 4.67. The summed E-state index contributed by atoms with van der Waals surface area (Å²) in [4.78, 5) is 11.1. The molecule has 0 aromatic carbocycles. The van der Waals surface area contributed by atoms with Crippen LogP contribution in [-0.4, -0.2) is 37.2 Å². The topological polar surface area (TPSA) is 38.3 Å². The zero-order valence-corrected chi connectivity index (χ0v) is 12.2. The van der Waals surface area contributed by atoms with Crippen molar-refractivity contribution in [3.63, 3.8) is 0 Å². The van der Waals surface area contributed by atoms with E-state index in [9.17, 15) is 4.79 Å². The summed E-state index contributed by atoms with van der Waals surface area (Å²) in [6.07, 6.45) is 3.07. The van der Waals surface area contributed by atoms with E-state index in [4.69, 9.17) is 0 Å². The Hall–Kier alpha value is -0.220. The number of nitrogens with one attached hydrogen (secondary N) is 1. The molecule has 100 valence electrons. The molecule has 0 aliphatic heterocycles. The van der Waals surface area contributed by atoms with E-state index in [0.29, 0.717) is 17.7 Å². The number of hydrogen-bond acceptors (Lipinski definition) is 4. The van der Waals surface area contributed by atoms with Gasteiger partial charge in [0, 0.05) is 17.0 Å². The molecule has 0 heterocycles. The molecule has 0 aromatic rings. The van der Waals surface area contributed by atoms with Gasteiger partial charge < -0.3 is 10.1 Å². The first-order valence-electron chi connectivity index (χ1n) is 6.44. The molecule has 0 spiro atoms. The van der Waals surface area contributed by atoms with Gasteiger partial charge in [0.15, 0.2) is 0 Å². The lowest BCUT2D eigenvalue weighted by molar-refractivity contribution is -0.140. The van der Waals surface area contributed by atoms with E-state index in [1.165, 1.54) is 20.0 Å². The standard InChI is InChI=1S/C13H25NO2S/c1-9-7-10(2)13(11(8-9)14-3)17-6-5-12(15)16-4/h9-11,13-14H,5-8H2,1-4H3. The average molecular weight is 259 g/mol. The molecule has 4 heteroatoms. The van der Waals surface area contributed by atoms with Gasteiger partial charge in [-0.1, -0.05) is 13.8 Å². The minimum Gasteiger partial charge on any atom is -0.469 e. The molecule has 0 aromatic heterocycles. The predicted molar refractivity (Wildman–Crippen MR) is 73.3 cm³/mol. The number of thioether (sulfide) groups is 1. The van der Waals surface area contributed by atoms with Crippen molar-refractivity contribution < 1.29 is 9.53 Å². The van der Waals surface area contributed by atoms with Gasteiger partial charge in [0.05, 0.1) is 13.5 Å². The van der Waals surface area contributed by atoms with Crippen molar-refractivity contribution in [2.45, 2.75) is 44.4 Å². The van der Waals surface area contributed by atoms with Gasteiger partial charge >= 0.3 is 5.97 Å². The van der Waals surface area contributed by atoms with Crippen LogP contribution < -0.4 is 5.32 Å². The van der Waals surface area contributed by atoms with Crippen molar-refractivity contribution in [1.82, 2.24) is 5.32 Å². The summed E-state index contributed by atoms with van der Waals surface area (Å²) in [6.45, 7) is 4.66. The third-order valence-electron chi connectivity index (χ3n) is 3.60. The fourth-order valence-electron chi connectivity index (χ4n) is 2.77. The van der Waals surface area contributed by atoms with Gasteiger partial charge in [-0.15, -0.1) is 0 Å². The molecule has 1 aliphatic rings. The molecular formula is C13H25NO2S. The zero-order chi connectivity index (χ0) is 12.8. The van der Waals surface area contributed by atoms with E-state index in [-0.39, 0.29) is 5.97 Å². The fraction of sp³-hybridized carbons (Fsp3) is 0.923. The third kappa shape index (κ3) is 4.51. The van der Waals surface area contributed by atoms with Crippen LogP contribution in [-0.2, 0) is 9.53 Å². The fourth-order valence-corrected chi connectivity index (χ4v) is 4.25. The summed E-state index contributed by atoms with van der Waals surface area (Å²) >= 11 is 1.92. The first-order valence-corrected chi connectivity index (χ1v) is 7.49. The van der Waals surface area contributed by atoms with Crippen molar-refractivity contribution >= 4 is 17.7 Å². The van der Waals surface area contributed by atoms with Gasteiger partial charge in [0.2, 0.25) is 0 Å². The van der Waals surface area contributed by atoms with Crippen LogP contribution >= 0.6 is 11.8 Å². The Balaban J connectivity index is 2.40. The predicted octanol–water partition coefficient (Wildman–Crippen LogP) is 2.31. The molecule has 0 bridgehead atoms. The van der Waals surface area contributed by atoms with Crippen LogP contribution in [0.25, 0.3) is 0 Å². The molecule has 1 rings (SSSR count). The quantitative estimate of drug-likeness (QED) is 0.769. The Morgan fingerprint density at radius 1 is 1.41 bits per heavy atom. The number of ether oxygens (including phenoxy) is 1. The largest absolute Gasteiger partial charge is 0.469 e. The molecule has 4 atom stereocenters. The molecule has 0 amide bonds. The van der Waals surface area contributed by atoms with E-state index in [1.807, 2.05) is 18.8 Å². The highest BCUT2D eigenvalue weighted by atomic mass is 32.2. The number of hydrogen-bond donors (Lipinski definition) is 1. The molecule has 3 nitrogen and oxygen atoms in total. The first-order chi connectivity index (χ1) is 8.08. The maximum atomic E-state index is 11.1. The SMILES string of the molecule is CNC1CC(C)CC(C)C1SCCC(=O)OC. The van der Waals surface area contributed by atoms with Crippen molar-refractivity contribution in [3.8, 4) is 0 Å². The maximum absolute atomic E-state index is 11.1. The van der Waals surface area contributed by atoms with Crippen molar-refractivity contribution in [1.29, 1.82) is 0 Å². The average Bonchev–Trinajstić information content (AvgIpc) is 2.30. The van der Waals surface area contributed by atoms with Gasteiger partial charge in [-0.25, -0.2) is 0 Å². The lowest BCUT2D eigenvalue weighted by Crippen LogP contribution is -2.45. The summed E-state index contributed by atoms with van der Waals surface area (Å²) in [5.41, 5.74) is 0. The molecule has 0 saturated heterocycles. The second-order valence-corrected chi connectivity index (χ2v) is 6.40. The third-order valence-corrected chi connectivity index (χ3v) is 5.22. The number of esters is 1. The van der Waals surface area contributed by atoms with Crippen LogP contribution in [0.15, 0.2) is 0 Å². The smallest absolute Gasteiger partial charge is 0.306 e. The Morgan fingerprint density at radius 3 is 2.71 bits per heavy atom. The molecule has 0 radical (unpaired) electrons. The summed E-state index contributed by atoms with van der Waals surface area (Å²) in [5.74, 6) is 2.29. The Labute approximate surface area is 109 Å². The maximum Gasteiger partial charge on any atom is 0.306 e. The van der Waals surface area contributed by atoms with E-state index in [1.54, 1.807) is 0 Å². The van der Waals surface area contributed by atoms with Gasteiger partial charge in [0.1, 0.15) is 0 Å². The second-order valence-electron chi connectivity index (χ2n) is 5.11. The van der Waals surface area contributed by atoms with E-state index >= 15 is 0 Å². The highest BCUT2D eigenvalue weighted by Crippen LogP contribution is 2.36. The molecule has 1 saturated carbocycles. The monoisotopic (exact) mass is 259 g/mol. The second kappa shape index (κ2) is 7.27. The Bertz CT molecular complexity index is 248. The summed E-state index contributed by atoms with van der Waals surface area (Å²) in [7, 11) is 3.50. The Kier molecular flexibility index (Phi) is 6.34. The van der Waals surface area contributed by atoms with Gasteiger partial charge in [-0.2, -0.15) is 11.8 Å². The summed E-state index contributed by atoms with van der Waals surface area (Å²) in [6, 6.07) is 0.580. The molecule has 1 N–H and O–H groups in total. The van der Waals surface area contributed by atoms with Crippen molar-refractivity contribution in [2.24, 2.45) is 11.8 Å². The lowest BCUT2D eigenvalue weighted by atomic mass is 9.80. The van der Waals surface area contributed by atoms with Gasteiger partial charge in [-0.05, 0) is 31.7 Å². The highest BCUT2D eigenvalue weighted by Gasteiger charge is 2.33. The van der Waals surface area contributed by atoms with Crippen LogP contribution in [0.1, 0.15) is 33.1 Å². The lowest BCUT2D eigenvalue weighted by Gasteiger charge is -2.39. The van der Waals surface area contributed by atoms with Crippen LogP contribution in [0.2, 0.25) is 0 Å². The molecule has 1 aliphatic carbocycles. The van der Waals surface area contributed by atoms with Crippen molar-refractivity contribution in [2.75, 3.05) is 19.9 Å². The first kappa shape index (κ1) is 14.8. The molecular weight excluding hydrogens is 234 g/mol. The number of carbonyl (C=O) groups is 1. The highest BCUT2D eigenvalue weighted by molar-refractivity contribution is 8.00. The van der Waals surface area contributed by atoms with E-state index < -0.39 is 0 Å². The van der Waals surface area contributed by atoms with Crippen molar-refractivity contribution in [3.05, 3.63) is 0 Å². The molecule has 4 unspecified atom stereocenters. The van der Waals surface area contributed by atoms with E-state index in [0.717, 1.165) is 17.6 Å².